The van der Waals surface area contributed by atoms with Gasteiger partial charge in [0.15, 0.2) is 0 Å². The van der Waals surface area contributed by atoms with Crippen molar-refractivity contribution < 1.29 is 19.4 Å². The molecule has 1 aromatic rings. The van der Waals surface area contributed by atoms with Crippen molar-refractivity contribution in [2.24, 2.45) is 5.92 Å². The molecule has 2 N–H and O–H groups in total. The fourth-order valence-corrected chi connectivity index (χ4v) is 2.36. The molecule has 1 aliphatic rings. The van der Waals surface area contributed by atoms with Crippen LogP contribution in [0.25, 0.3) is 0 Å². The maximum absolute atomic E-state index is 12.1. The summed E-state index contributed by atoms with van der Waals surface area (Å²) in [7, 11) is 0. The van der Waals surface area contributed by atoms with Crippen molar-refractivity contribution in [1.82, 2.24) is 0 Å². The summed E-state index contributed by atoms with van der Waals surface area (Å²) in [6.07, 6.45) is 1.34. The highest BCUT2D eigenvalue weighted by atomic mass is 79.9. The molecule has 0 radical (unpaired) electrons. The third-order valence-electron chi connectivity index (χ3n) is 3.06. The van der Waals surface area contributed by atoms with Gasteiger partial charge in [0.1, 0.15) is 0 Å². The van der Waals surface area contributed by atoms with Gasteiger partial charge in [0.2, 0.25) is 5.91 Å². The number of carbonyl (C=O) groups excluding carboxylic acids is 1. The van der Waals surface area contributed by atoms with Crippen molar-refractivity contribution in [3.8, 4) is 0 Å². The molecule has 1 aliphatic heterocycles. The maximum atomic E-state index is 12.1. The Bertz CT molecular complexity index is 497. The van der Waals surface area contributed by atoms with Crippen LogP contribution >= 0.6 is 15.9 Å². The topological polar surface area (TPSA) is 75.6 Å². The number of carboxylic acid groups (broad SMARTS) is 1. The standard InChI is InChI=1S/C13H14BrNO4/c14-9-1-2-11(10(7-9)13(17)18)15-12(16)8-3-5-19-6-4-8/h1-2,7-8H,3-6H2,(H,15,16)(H,17,18). The first-order valence-electron chi connectivity index (χ1n) is 5.99. The van der Waals surface area contributed by atoms with Gasteiger partial charge in [-0.25, -0.2) is 4.79 Å². The van der Waals surface area contributed by atoms with E-state index >= 15 is 0 Å². The number of hydrogen-bond donors (Lipinski definition) is 2. The van der Waals surface area contributed by atoms with E-state index < -0.39 is 5.97 Å². The number of benzene rings is 1. The van der Waals surface area contributed by atoms with Crippen molar-refractivity contribution in [3.05, 3.63) is 28.2 Å². The molecule has 1 amide bonds. The summed E-state index contributed by atoms with van der Waals surface area (Å²) in [6, 6.07) is 4.76. The van der Waals surface area contributed by atoms with E-state index in [9.17, 15) is 9.59 Å². The van der Waals surface area contributed by atoms with Gasteiger partial charge in [-0.1, -0.05) is 15.9 Å². The molecule has 0 aromatic heterocycles. The highest BCUT2D eigenvalue weighted by Crippen LogP contribution is 2.23. The first-order chi connectivity index (χ1) is 9.08. The van der Waals surface area contributed by atoms with E-state index in [-0.39, 0.29) is 17.4 Å². The number of carboxylic acids is 1. The fraction of sp³-hybridized carbons (Fsp3) is 0.385. The fourth-order valence-electron chi connectivity index (χ4n) is 2.00. The van der Waals surface area contributed by atoms with Crippen molar-refractivity contribution >= 4 is 33.5 Å². The molecule has 0 spiro atoms. The lowest BCUT2D eigenvalue weighted by molar-refractivity contribution is -0.122. The Morgan fingerprint density at radius 2 is 2.00 bits per heavy atom. The minimum atomic E-state index is -1.07. The number of rotatable bonds is 3. The Labute approximate surface area is 119 Å². The monoisotopic (exact) mass is 327 g/mol. The lowest BCUT2D eigenvalue weighted by Crippen LogP contribution is -2.29. The zero-order valence-electron chi connectivity index (χ0n) is 10.2. The smallest absolute Gasteiger partial charge is 0.337 e. The summed E-state index contributed by atoms with van der Waals surface area (Å²) in [5.74, 6) is -1.32. The SMILES string of the molecule is O=C(O)c1cc(Br)ccc1NC(=O)C1CCOCC1. The molecule has 0 aliphatic carbocycles. The van der Waals surface area contributed by atoms with E-state index in [4.69, 9.17) is 9.84 Å². The maximum Gasteiger partial charge on any atom is 0.337 e. The second kappa shape index (κ2) is 6.16. The molecular formula is C13H14BrNO4. The number of aromatic carboxylic acids is 1. The number of nitrogens with one attached hydrogen (secondary N) is 1. The first-order valence-corrected chi connectivity index (χ1v) is 6.78. The molecule has 1 fully saturated rings. The summed E-state index contributed by atoms with van der Waals surface area (Å²) in [6.45, 7) is 1.15. The van der Waals surface area contributed by atoms with Crippen LogP contribution < -0.4 is 5.32 Å². The van der Waals surface area contributed by atoms with E-state index in [1.54, 1.807) is 12.1 Å². The molecule has 0 atom stereocenters. The highest BCUT2D eigenvalue weighted by Gasteiger charge is 2.23. The molecule has 0 unspecified atom stereocenters. The van der Waals surface area contributed by atoms with Gasteiger partial charge in [0.25, 0.3) is 0 Å². The third kappa shape index (κ3) is 3.54. The van der Waals surface area contributed by atoms with Crippen molar-refractivity contribution in [2.45, 2.75) is 12.8 Å². The average Bonchev–Trinajstić information content (AvgIpc) is 2.41. The molecule has 2 rings (SSSR count). The predicted octanol–water partition coefficient (Wildman–Crippen LogP) is 2.51. The second-order valence-electron chi connectivity index (χ2n) is 4.37. The summed E-state index contributed by atoms with van der Waals surface area (Å²) in [5.41, 5.74) is 0.405. The van der Waals surface area contributed by atoms with E-state index in [1.807, 2.05) is 0 Å². The number of amides is 1. The van der Waals surface area contributed by atoms with Crippen LogP contribution in [0.4, 0.5) is 5.69 Å². The summed E-state index contributed by atoms with van der Waals surface area (Å²) in [5, 5.41) is 11.8. The minimum absolute atomic E-state index is 0.0785. The zero-order chi connectivity index (χ0) is 13.8. The van der Waals surface area contributed by atoms with Crippen LogP contribution in [0, 0.1) is 5.92 Å². The van der Waals surface area contributed by atoms with Crippen LogP contribution in [-0.2, 0) is 9.53 Å². The molecule has 5 nitrogen and oxygen atoms in total. The zero-order valence-corrected chi connectivity index (χ0v) is 11.8. The summed E-state index contributed by atoms with van der Waals surface area (Å²) >= 11 is 3.21. The Hall–Kier alpha value is -1.40. The molecule has 102 valence electrons. The lowest BCUT2D eigenvalue weighted by atomic mass is 9.99. The normalized spacial score (nSPS) is 16.1. The molecular weight excluding hydrogens is 314 g/mol. The van der Waals surface area contributed by atoms with Crippen LogP contribution in [0.1, 0.15) is 23.2 Å². The Morgan fingerprint density at radius 1 is 1.32 bits per heavy atom. The number of anilines is 1. The van der Waals surface area contributed by atoms with E-state index in [1.165, 1.54) is 6.07 Å². The Balaban J connectivity index is 2.13. The van der Waals surface area contributed by atoms with Crippen LogP contribution in [0.15, 0.2) is 22.7 Å². The van der Waals surface area contributed by atoms with Gasteiger partial charge >= 0.3 is 5.97 Å². The molecule has 1 heterocycles. The number of carbonyl (C=O) groups is 2. The number of hydrogen-bond acceptors (Lipinski definition) is 3. The van der Waals surface area contributed by atoms with Crippen molar-refractivity contribution in [2.75, 3.05) is 18.5 Å². The van der Waals surface area contributed by atoms with Gasteiger partial charge in [-0.3, -0.25) is 4.79 Å². The number of halogens is 1. The molecule has 0 bridgehead atoms. The predicted molar refractivity (Wildman–Crippen MR) is 73.3 cm³/mol. The minimum Gasteiger partial charge on any atom is -0.478 e. The Kier molecular flexibility index (Phi) is 4.55. The molecule has 19 heavy (non-hydrogen) atoms. The van der Waals surface area contributed by atoms with Crippen molar-refractivity contribution in [3.63, 3.8) is 0 Å². The largest absolute Gasteiger partial charge is 0.478 e. The highest BCUT2D eigenvalue weighted by molar-refractivity contribution is 9.10. The average molecular weight is 328 g/mol. The molecule has 0 saturated carbocycles. The second-order valence-corrected chi connectivity index (χ2v) is 5.29. The third-order valence-corrected chi connectivity index (χ3v) is 3.56. The van der Waals surface area contributed by atoms with E-state index in [0.29, 0.717) is 36.2 Å². The quantitative estimate of drug-likeness (QED) is 0.894. The molecule has 1 aromatic carbocycles. The van der Waals surface area contributed by atoms with E-state index in [0.717, 1.165) is 0 Å². The summed E-state index contributed by atoms with van der Waals surface area (Å²) in [4.78, 5) is 23.2. The lowest BCUT2D eigenvalue weighted by Gasteiger charge is -2.21. The van der Waals surface area contributed by atoms with Crippen LogP contribution in [0.5, 0.6) is 0 Å². The first kappa shape index (κ1) is 14.0. The van der Waals surface area contributed by atoms with E-state index in [2.05, 4.69) is 21.2 Å². The van der Waals surface area contributed by atoms with Gasteiger partial charge in [-0.15, -0.1) is 0 Å². The van der Waals surface area contributed by atoms with Crippen molar-refractivity contribution in [1.29, 1.82) is 0 Å². The van der Waals surface area contributed by atoms with Crippen LogP contribution in [0.2, 0.25) is 0 Å². The van der Waals surface area contributed by atoms with Crippen LogP contribution in [0.3, 0.4) is 0 Å². The molecule has 6 heteroatoms. The Morgan fingerprint density at radius 3 is 2.63 bits per heavy atom. The van der Waals surface area contributed by atoms with Gasteiger partial charge in [0.05, 0.1) is 11.3 Å². The van der Waals surface area contributed by atoms with Gasteiger partial charge < -0.3 is 15.2 Å². The summed E-state index contributed by atoms with van der Waals surface area (Å²) < 4.78 is 5.86. The van der Waals surface area contributed by atoms with Gasteiger partial charge in [-0.2, -0.15) is 0 Å². The van der Waals surface area contributed by atoms with Crippen LogP contribution in [-0.4, -0.2) is 30.2 Å². The number of ether oxygens (including phenoxy) is 1. The van der Waals surface area contributed by atoms with Gasteiger partial charge in [0, 0.05) is 23.6 Å². The van der Waals surface area contributed by atoms with Gasteiger partial charge in [-0.05, 0) is 31.0 Å². The molecule has 1 saturated heterocycles.